The fourth-order valence-electron chi connectivity index (χ4n) is 3.10. The van der Waals surface area contributed by atoms with E-state index in [9.17, 15) is 0 Å². The molecule has 0 spiro atoms. The molecule has 3 heteroatoms. The molecule has 1 N–H and O–H groups in total. The Balaban J connectivity index is 1.85. The Morgan fingerprint density at radius 1 is 1.32 bits per heavy atom. The second-order valence-electron chi connectivity index (χ2n) is 5.78. The van der Waals surface area contributed by atoms with Gasteiger partial charge in [-0.05, 0) is 50.4 Å². The van der Waals surface area contributed by atoms with Gasteiger partial charge in [-0.2, -0.15) is 0 Å². The normalized spacial score (nSPS) is 19.9. The number of aromatic nitrogens is 2. The summed E-state index contributed by atoms with van der Waals surface area (Å²) in [6.07, 6.45) is 3.75. The lowest BCUT2D eigenvalue weighted by Crippen LogP contribution is -2.36. The Kier molecular flexibility index (Phi) is 3.56. The zero-order valence-electron chi connectivity index (χ0n) is 11.9. The molecule has 1 aliphatic heterocycles. The lowest BCUT2D eigenvalue weighted by Gasteiger charge is -2.35. The molecule has 19 heavy (non-hydrogen) atoms. The van der Waals surface area contributed by atoms with Crippen molar-refractivity contribution in [2.24, 2.45) is 5.92 Å². The highest BCUT2D eigenvalue weighted by Crippen LogP contribution is 2.28. The van der Waals surface area contributed by atoms with Crippen LogP contribution >= 0.6 is 0 Å². The Morgan fingerprint density at radius 3 is 2.74 bits per heavy atom. The summed E-state index contributed by atoms with van der Waals surface area (Å²) in [4.78, 5) is 10.9. The van der Waals surface area contributed by atoms with Crippen LogP contribution in [0.4, 0.5) is 0 Å². The number of nitrogens with zero attached hydrogens (tertiary/aromatic N) is 2. The smallest absolute Gasteiger partial charge is 0.124 e. The summed E-state index contributed by atoms with van der Waals surface area (Å²) in [5.74, 6) is 2.02. The summed E-state index contributed by atoms with van der Waals surface area (Å²) in [5.41, 5.74) is 2.24. The maximum atomic E-state index is 4.78. The third-order valence-electron chi connectivity index (χ3n) is 4.37. The average molecular weight is 257 g/mol. The molecule has 102 valence electrons. The van der Waals surface area contributed by atoms with Crippen LogP contribution in [0.25, 0.3) is 11.0 Å². The molecule has 3 nitrogen and oxygen atoms in total. The molecule has 0 amide bonds. The number of rotatable bonds is 3. The van der Waals surface area contributed by atoms with Crippen molar-refractivity contribution in [1.29, 1.82) is 0 Å². The number of hydrogen-bond donors (Lipinski definition) is 1. The predicted octanol–water partition coefficient (Wildman–Crippen LogP) is 3.75. The zero-order valence-corrected chi connectivity index (χ0v) is 11.9. The molecular formula is C16H23N3. The number of piperidine rings is 1. The van der Waals surface area contributed by atoms with Crippen LogP contribution in [0.15, 0.2) is 24.3 Å². The van der Waals surface area contributed by atoms with E-state index in [1.54, 1.807) is 0 Å². The monoisotopic (exact) mass is 257 g/mol. The van der Waals surface area contributed by atoms with Crippen molar-refractivity contribution in [1.82, 2.24) is 14.9 Å². The van der Waals surface area contributed by atoms with Crippen molar-refractivity contribution in [2.75, 3.05) is 13.1 Å². The van der Waals surface area contributed by atoms with Crippen LogP contribution in [-0.4, -0.2) is 28.0 Å². The first-order valence-electron chi connectivity index (χ1n) is 7.46. The first-order chi connectivity index (χ1) is 9.28. The number of nitrogens with one attached hydrogen (secondary N) is 1. The summed E-state index contributed by atoms with van der Waals surface area (Å²) >= 11 is 0. The Morgan fingerprint density at radius 2 is 2.05 bits per heavy atom. The van der Waals surface area contributed by atoms with Crippen molar-refractivity contribution in [2.45, 2.75) is 39.2 Å². The molecule has 1 aliphatic rings. The van der Waals surface area contributed by atoms with Gasteiger partial charge in [-0.15, -0.1) is 0 Å². The molecule has 1 unspecified atom stereocenters. The van der Waals surface area contributed by atoms with Crippen LogP contribution in [0.5, 0.6) is 0 Å². The number of aromatic amines is 1. The number of benzene rings is 1. The Bertz CT molecular complexity index is 505. The molecule has 1 aromatic carbocycles. The van der Waals surface area contributed by atoms with E-state index in [1.165, 1.54) is 25.9 Å². The minimum absolute atomic E-state index is 0.444. The van der Waals surface area contributed by atoms with E-state index >= 15 is 0 Å². The van der Waals surface area contributed by atoms with Gasteiger partial charge in [-0.25, -0.2) is 4.98 Å². The predicted molar refractivity (Wildman–Crippen MR) is 79.1 cm³/mol. The van der Waals surface area contributed by atoms with Gasteiger partial charge in [0.05, 0.1) is 17.1 Å². The van der Waals surface area contributed by atoms with Crippen molar-refractivity contribution in [3.05, 3.63) is 30.1 Å². The van der Waals surface area contributed by atoms with E-state index in [0.717, 1.165) is 29.2 Å². The molecule has 1 atom stereocenters. The maximum Gasteiger partial charge on any atom is 0.124 e. The largest absolute Gasteiger partial charge is 0.341 e. The second-order valence-corrected chi connectivity index (χ2v) is 5.78. The van der Waals surface area contributed by atoms with Gasteiger partial charge in [0.1, 0.15) is 5.82 Å². The molecule has 1 fully saturated rings. The number of fused-ring (bicyclic) bond motifs is 1. The van der Waals surface area contributed by atoms with E-state index in [1.807, 2.05) is 0 Å². The number of H-pyrrole nitrogens is 1. The van der Waals surface area contributed by atoms with Crippen molar-refractivity contribution in [3.63, 3.8) is 0 Å². The Labute approximate surface area is 115 Å². The van der Waals surface area contributed by atoms with Crippen molar-refractivity contribution < 1.29 is 0 Å². The second kappa shape index (κ2) is 5.33. The number of hydrogen-bond acceptors (Lipinski definition) is 2. The van der Waals surface area contributed by atoms with Gasteiger partial charge >= 0.3 is 0 Å². The summed E-state index contributed by atoms with van der Waals surface area (Å²) in [6.45, 7) is 7.03. The van der Waals surface area contributed by atoms with Gasteiger partial charge in [0, 0.05) is 0 Å². The number of likely N-dealkylation sites (tertiary alicyclic amines) is 1. The molecule has 2 aromatic rings. The van der Waals surface area contributed by atoms with E-state index in [4.69, 9.17) is 4.98 Å². The van der Waals surface area contributed by atoms with Crippen molar-refractivity contribution in [3.8, 4) is 0 Å². The SMILES string of the molecule is CCC(c1nc2ccccc2[nH]1)N1CCC(C)CC1. The number of para-hydroxylation sites is 2. The standard InChI is InChI=1S/C16H23N3/c1-3-15(19-10-8-12(2)9-11-19)16-17-13-6-4-5-7-14(13)18-16/h4-7,12,15H,3,8-11H2,1-2H3,(H,17,18). The zero-order chi connectivity index (χ0) is 13.2. The summed E-state index contributed by atoms with van der Waals surface area (Å²) in [6, 6.07) is 8.75. The van der Waals surface area contributed by atoms with Gasteiger partial charge in [0.15, 0.2) is 0 Å². The summed E-state index contributed by atoms with van der Waals surface area (Å²) in [7, 11) is 0. The lowest BCUT2D eigenvalue weighted by atomic mass is 9.97. The maximum absolute atomic E-state index is 4.78. The molecular weight excluding hydrogens is 234 g/mol. The van der Waals surface area contributed by atoms with E-state index in [-0.39, 0.29) is 0 Å². The highest BCUT2D eigenvalue weighted by atomic mass is 15.2. The van der Waals surface area contributed by atoms with Crippen molar-refractivity contribution >= 4 is 11.0 Å². The first kappa shape index (κ1) is 12.7. The first-order valence-corrected chi connectivity index (χ1v) is 7.46. The molecule has 0 radical (unpaired) electrons. The minimum Gasteiger partial charge on any atom is -0.341 e. The minimum atomic E-state index is 0.444. The topological polar surface area (TPSA) is 31.9 Å². The van der Waals surface area contributed by atoms with Gasteiger partial charge in [0.2, 0.25) is 0 Å². The van der Waals surface area contributed by atoms with Crippen LogP contribution in [-0.2, 0) is 0 Å². The lowest BCUT2D eigenvalue weighted by molar-refractivity contribution is 0.130. The van der Waals surface area contributed by atoms with Crippen LogP contribution in [0, 0.1) is 5.92 Å². The fourth-order valence-corrected chi connectivity index (χ4v) is 3.10. The van der Waals surface area contributed by atoms with Gasteiger partial charge in [-0.3, -0.25) is 4.90 Å². The average Bonchev–Trinajstić information content (AvgIpc) is 2.85. The number of imidazole rings is 1. The van der Waals surface area contributed by atoms with Gasteiger partial charge < -0.3 is 4.98 Å². The van der Waals surface area contributed by atoms with Crippen LogP contribution in [0.2, 0.25) is 0 Å². The third kappa shape index (κ3) is 2.52. The van der Waals surface area contributed by atoms with Gasteiger partial charge in [0.25, 0.3) is 0 Å². The molecule has 1 aromatic heterocycles. The molecule has 2 heterocycles. The molecule has 0 bridgehead atoms. The fraction of sp³-hybridized carbons (Fsp3) is 0.562. The quantitative estimate of drug-likeness (QED) is 0.908. The van der Waals surface area contributed by atoms with E-state index < -0.39 is 0 Å². The highest BCUT2D eigenvalue weighted by Gasteiger charge is 2.25. The third-order valence-corrected chi connectivity index (χ3v) is 4.37. The summed E-state index contributed by atoms with van der Waals surface area (Å²) < 4.78 is 0. The van der Waals surface area contributed by atoms with E-state index in [2.05, 4.69) is 48.0 Å². The molecule has 3 rings (SSSR count). The van der Waals surface area contributed by atoms with E-state index in [0.29, 0.717) is 6.04 Å². The van der Waals surface area contributed by atoms with Crippen LogP contribution < -0.4 is 0 Å². The molecule has 0 aliphatic carbocycles. The van der Waals surface area contributed by atoms with Crippen LogP contribution in [0.1, 0.15) is 45.0 Å². The summed E-state index contributed by atoms with van der Waals surface area (Å²) in [5, 5.41) is 0. The highest BCUT2D eigenvalue weighted by molar-refractivity contribution is 5.74. The Hall–Kier alpha value is -1.35. The van der Waals surface area contributed by atoms with Gasteiger partial charge in [-0.1, -0.05) is 26.0 Å². The van der Waals surface area contributed by atoms with Crippen LogP contribution in [0.3, 0.4) is 0 Å². The molecule has 0 saturated carbocycles. The molecule has 1 saturated heterocycles.